The first-order valence-corrected chi connectivity index (χ1v) is 4.38. The summed E-state index contributed by atoms with van der Waals surface area (Å²) in [6.45, 7) is 1.90. The molecule has 12 heavy (non-hydrogen) atoms. The third-order valence-electron chi connectivity index (χ3n) is 1.84. The summed E-state index contributed by atoms with van der Waals surface area (Å²) < 4.78 is 0. The number of hydrogen-bond donors (Lipinski definition) is 0. The molecule has 0 aliphatic carbocycles. The predicted molar refractivity (Wildman–Crippen MR) is 46.4 cm³/mol. The van der Waals surface area contributed by atoms with Gasteiger partial charge < -0.3 is 0 Å². The van der Waals surface area contributed by atoms with E-state index in [1.165, 1.54) is 0 Å². The molecule has 2 nitrogen and oxygen atoms in total. The highest BCUT2D eigenvalue weighted by Gasteiger charge is 2.29. The van der Waals surface area contributed by atoms with Gasteiger partial charge in [0.25, 0.3) is 5.12 Å². The van der Waals surface area contributed by atoms with Crippen molar-refractivity contribution < 1.29 is 9.59 Å². The van der Waals surface area contributed by atoms with Crippen LogP contribution in [0.1, 0.15) is 15.9 Å². The van der Waals surface area contributed by atoms with E-state index in [0.29, 0.717) is 5.56 Å². The minimum absolute atomic E-state index is 0.362. The van der Waals surface area contributed by atoms with Crippen LogP contribution in [0.15, 0.2) is 23.1 Å². The first-order chi connectivity index (χ1) is 5.70. The molecule has 1 aromatic carbocycles. The van der Waals surface area contributed by atoms with E-state index in [1.54, 1.807) is 12.1 Å². The van der Waals surface area contributed by atoms with Crippen LogP contribution >= 0.6 is 11.8 Å². The zero-order valence-electron chi connectivity index (χ0n) is 6.46. The summed E-state index contributed by atoms with van der Waals surface area (Å²) in [5, 5.41) is -0.362. The number of ketones is 1. The number of carbonyl (C=O) groups is 2. The molecule has 60 valence electrons. The average Bonchev–Trinajstić information content (AvgIpc) is 2.32. The standard InChI is InChI=1S/C9H6O2S/c1-5-3-2-4-6-7(10)9(11)12-8(5)6/h2-4H,1H3. The molecule has 0 atom stereocenters. The van der Waals surface area contributed by atoms with Gasteiger partial charge in [-0.1, -0.05) is 12.1 Å². The van der Waals surface area contributed by atoms with Crippen LogP contribution < -0.4 is 0 Å². The van der Waals surface area contributed by atoms with Crippen LogP contribution in [0.2, 0.25) is 0 Å². The molecule has 0 saturated heterocycles. The zero-order valence-corrected chi connectivity index (χ0v) is 7.27. The van der Waals surface area contributed by atoms with Crippen LogP contribution in [0.3, 0.4) is 0 Å². The van der Waals surface area contributed by atoms with Gasteiger partial charge >= 0.3 is 0 Å². The maximum atomic E-state index is 11.2. The summed E-state index contributed by atoms with van der Waals surface area (Å²) in [7, 11) is 0. The maximum absolute atomic E-state index is 11.2. The van der Waals surface area contributed by atoms with Crippen molar-refractivity contribution in [2.45, 2.75) is 11.8 Å². The molecule has 1 heterocycles. The highest BCUT2D eigenvalue weighted by atomic mass is 32.2. The van der Waals surface area contributed by atoms with Crippen molar-refractivity contribution in [3.63, 3.8) is 0 Å². The lowest BCUT2D eigenvalue weighted by atomic mass is 10.1. The van der Waals surface area contributed by atoms with Gasteiger partial charge in [-0.3, -0.25) is 9.59 Å². The summed E-state index contributed by atoms with van der Waals surface area (Å²) >= 11 is 1.04. The number of aryl methyl sites for hydroxylation is 1. The van der Waals surface area contributed by atoms with Crippen molar-refractivity contribution in [1.29, 1.82) is 0 Å². The number of Topliss-reactive ketones (excluding diaryl/α,β-unsaturated/α-hetero) is 1. The SMILES string of the molecule is Cc1cccc2c1SC(=O)C2=O. The molecule has 0 radical (unpaired) electrons. The summed E-state index contributed by atoms with van der Waals surface area (Å²) in [5.41, 5.74) is 1.56. The van der Waals surface area contributed by atoms with E-state index in [9.17, 15) is 9.59 Å². The molecular weight excluding hydrogens is 172 g/mol. The molecular formula is C9H6O2S. The molecule has 0 amide bonds. The van der Waals surface area contributed by atoms with Gasteiger partial charge in [-0.05, 0) is 30.3 Å². The van der Waals surface area contributed by atoms with E-state index < -0.39 is 0 Å². The third kappa shape index (κ3) is 0.898. The van der Waals surface area contributed by atoms with Gasteiger partial charge in [-0.15, -0.1) is 0 Å². The molecule has 0 unspecified atom stereocenters. The lowest BCUT2D eigenvalue weighted by Crippen LogP contribution is -2.01. The number of rotatable bonds is 0. The second kappa shape index (κ2) is 2.45. The highest BCUT2D eigenvalue weighted by molar-refractivity contribution is 8.16. The smallest absolute Gasteiger partial charge is 0.264 e. The number of benzene rings is 1. The highest BCUT2D eigenvalue weighted by Crippen LogP contribution is 2.34. The second-order valence-corrected chi connectivity index (χ2v) is 3.65. The number of thioether (sulfide) groups is 1. The van der Waals surface area contributed by atoms with E-state index in [2.05, 4.69) is 0 Å². The predicted octanol–water partition coefficient (Wildman–Crippen LogP) is 1.81. The largest absolute Gasteiger partial charge is 0.284 e. The Morgan fingerprint density at radius 1 is 1.25 bits per heavy atom. The first kappa shape index (κ1) is 7.55. The lowest BCUT2D eigenvalue weighted by Gasteiger charge is -1.97. The fourth-order valence-electron chi connectivity index (χ4n) is 1.22. The van der Waals surface area contributed by atoms with Crippen molar-refractivity contribution in [2.24, 2.45) is 0 Å². The Hall–Kier alpha value is -1.09. The van der Waals surface area contributed by atoms with Crippen LogP contribution in [0.25, 0.3) is 0 Å². The van der Waals surface area contributed by atoms with Crippen molar-refractivity contribution in [3.8, 4) is 0 Å². The van der Waals surface area contributed by atoms with Gasteiger partial charge in [0.2, 0.25) is 5.78 Å². The number of carbonyl (C=O) groups excluding carboxylic acids is 2. The Kier molecular flexibility index (Phi) is 1.54. The molecule has 0 fully saturated rings. The summed E-state index contributed by atoms with van der Waals surface area (Å²) in [4.78, 5) is 23.0. The van der Waals surface area contributed by atoms with Crippen LogP contribution in [0.4, 0.5) is 0 Å². The first-order valence-electron chi connectivity index (χ1n) is 3.56. The Morgan fingerprint density at radius 2 is 2.00 bits per heavy atom. The molecule has 1 aromatic rings. The summed E-state index contributed by atoms with van der Waals surface area (Å²) in [5.74, 6) is -0.362. The lowest BCUT2D eigenvalue weighted by molar-refractivity contribution is -0.107. The summed E-state index contributed by atoms with van der Waals surface area (Å²) in [6, 6.07) is 5.39. The van der Waals surface area contributed by atoms with Gasteiger partial charge in [0.1, 0.15) is 0 Å². The van der Waals surface area contributed by atoms with Crippen LogP contribution in [0.5, 0.6) is 0 Å². The van der Waals surface area contributed by atoms with Crippen molar-refractivity contribution >= 4 is 22.7 Å². The van der Waals surface area contributed by atoms with E-state index in [-0.39, 0.29) is 10.9 Å². The van der Waals surface area contributed by atoms with Crippen molar-refractivity contribution in [2.75, 3.05) is 0 Å². The minimum Gasteiger partial charge on any atom is -0.284 e. The Labute approximate surface area is 74.0 Å². The minimum atomic E-state index is -0.362. The molecule has 3 heteroatoms. The van der Waals surface area contributed by atoms with Crippen LogP contribution in [0, 0.1) is 6.92 Å². The van der Waals surface area contributed by atoms with E-state index in [1.807, 2.05) is 13.0 Å². The van der Waals surface area contributed by atoms with Gasteiger partial charge in [0, 0.05) is 10.5 Å². The molecule has 0 saturated carbocycles. The summed E-state index contributed by atoms with van der Waals surface area (Å²) in [6.07, 6.45) is 0. The van der Waals surface area contributed by atoms with Crippen molar-refractivity contribution in [3.05, 3.63) is 29.3 Å². The molecule has 1 aliphatic heterocycles. The molecule has 0 bridgehead atoms. The molecule has 2 rings (SSSR count). The van der Waals surface area contributed by atoms with Gasteiger partial charge in [-0.2, -0.15) is 0 Å². The van der Waals surface area contributed by atoms with E-state index >= 15 is 0 Å². The second-order valence-electron chi connectivity index (χ2n) is 2.67. The fraction of sp³-hybridized carbons (Fsp3) is 0.111. The average molecular weight is 178 g/mol. The van der Waals surface area contributed by atoms with E-state index in [4.69, 9.17) is 0 Å². The number of fused-ring (bicyclic) bond motifs is 1. The fourth-order valence-corrected chi connectivity index (χ4v) is 2.10. The normalized spacial score (nSPS) is 15.1. The Morgan fingerprint density at radius 3 is 2.67 bits per heavy atom. The molecule has 0 N–H and O–H groups in total. The maximum Gasteiger partial charge on any atom is 0.264 e. The van der Waals surface area contributed by atoms with Gasteiger partial charge in [0.15, 0.2) is 0 Å². The van der Waals surface area contributed by atoms with E-state index in [0.717, 1.165) is 22.2 Å². The van der Waals surface area contributed by atoms with Gasteiger partial charge in [-0.25, -0.2) is 0 Å². The topological polar surface area (TPSA) is 34.1 Å². The molecule has 0 aromatic heterocycles. The Balaban J connectivity index is 2.68. The molecule has 0 spiro atoms. The van der Waals surface area contributed by atoms with Crippen molar-refractivity contribution in [1.82, 2.24) is 0 Å². The monoisotopic (exact) mass is 178 g/mol. The number of hydrogen-bond acceptors (Lipinski definition) is 3. The molecule has 1 aliphatic rings. The quantitative estimate of drug-likeness (QED) is 0.568. The zero-order chi connectivity index (χ0) is 8.72. The third-order valence-corrected chi connectivity index (χ3v) is 2.95. The van der Waals surface area contributed by atoms with Crippen LogP contribution in [-0.4, -0.2) is 10.9 Å². The van der Waals surface area contributed by atoms with Gasteiger partial charge in [0.05, 0.1) is 0 Å². The van der Waals surface area contributed by atoms with Crippen LogP contribution in [-0.2, 0) is 4.79 Å². The Bertz CT molecular complexity index is 382.